The summed E-state index contributed by atoms with van der Waals surface area (Å²) in [6.07, 6.45) is 7.23. The second-order valence-corrected chi connectivity index (χ2v) is 7.96. The topological polar surface area (TPSA) is 96.3 Å². The highest BCUT2D eigenvalue weighted by atomic mass is 32.1. The normalized spacial score (nSPS) is 11.5. The molecule has 0 fully saturated rings. The maximum Gasteiger partial charge on any atom is 0.116 e. The van der Waals surface area contributed by atoms with E-state index in [4.69, 9.17) is 5.73 Å². The van der Waals surface area contributed by atoms with Crippen LogP contribution in [0.4, 0.5) is 5.69 Å². The zero-order valence-electron chi connectivity index (χ0n) is 15.8. The van der Waals surface area contributed by atoms with Gasteiger partial charge in [0.25, 0.3) is 0 Å². The molecule has 0 saturated carbocycles. The Balaban J connectivity index is 1.52. The van der Waals surface area contributed by atoms with Crippen molar-refractivity contribution in [3.63, 3.8) is 0 Å². The molecule has 0 amide bonds. The number of nitrogens with one attached hydrogen (secondary N) is 2. The monoisotopic (exact) mass is 408 g/mol. The number of thiophene rings is 1. The zero-order chi connectivity index (χ0) is 20.1. The SMILES string of the molecule is Nc1cncc(-c2ccc3[nH]nc(-c4cc5c(-c6ccsc6)cncc5[nH]4)c3c2)c1. The molecule has 0 saturated heterocycles. The van der Waals surface area contributed by atoms with Crippen molar-refractivity contribution >= 4 is 38.8 Å². The summed E-state index contributed by atoms with van der Waals surface area (Å²) < 4.78 is 0. The molecule has 0 radical (unpaired) electrons. The molecule has 0 bridgehead atoms. The number of nitrogens with two attached hydrogens (primary N) is 1. The Morgan fingerprint density at radius 3 is 2.60 bits per heavy atom. The molecule has 1 aromatic carbocycles. The molecule has 5 heterocycles. The first kappa shape index (κ1) is 16.9. The Hall–Kier alpha value is -3.97. The first-order valence-electron chi connectivity index (χ1n) is 9.45. The summed E-state index contributed by atoms with van der Waals surface area (Å²) >= 11 is 1.68. The molecule has 5 aromatic heterocycles. The average Bonchev–Trinajstić information content (AvgIpc) is 3.51. The smallest absolute Gasteiger partial charge is 0.116 e. The zero-order valence-corrected chi connectivity index (χ0v) is 16.6. The Labute approximate surface area is 175 Å². The summed E-state index contributed by atoms with van der Waals surface area (Å²) in [5, 5.41) is 14.1. The lowest BCUT2D eigenvalue weighted by molar-refractivity contribution is 1.12. The molecule has 0 aliphatic carbocycles. The minimum atomic E-state index is 0.643. The van der Waals surface area contributed by atoms with Crippen LogP contribution in [0.25, 0.3) is 55.4 Å². The molecule has 0 unspecified atom stereocenters. The Morgan fingerprint density at radius 1 is 0.800 bits per heavy atom. The predicted octanol–water partition coefficient (Wildman–Crippen LogP) is 5.48. The number of nitrogen functional groups attached to an aromatic ring is 1. The molecule has 0 aliphatic rings. The van der Waals surface area contributed by atoms with Gasteiger partial charge in [-0.15, -0.1) is 0 Å². The van der Waals surface area contributed by atoms with Crippen molar-refractivity contribution in [3.05, 3.63) is 71.9 Å². The van der Waals surface area contributed by atoms with Crippen LogP contribution < -0.4 is 5.73 Å². The lowest BCUT2D eigenvalue weighted by Crippen LogP contribution is -1.87. The van der Waals surface area contributed by atoms with Gasteiger partial charge in [0.15, 0.2) is 0 Å². The van der Waals surface area contributed by atoms with Gasteiger partial charge < -0.3 is 10.7 Å². The molecule has 0 spiro atoms. The number of anilines is 1. The van der Waals surface area contributed by atoms with Crippen LogP contribution in [0.3, 0.4) is 0 Å². The van der Waals surface area contributed by atoms with Crippen molar-refractivity contribution in [2.45, 2.75) is 0 Å². The van der Waals surface area contributed by atoms with E-state index in [1.807, 2.05) is 36.8 Å². The second kappa shape index (κ2) is 6.53. The van der Waals surface area contributed by atoms with Crippen molar-refractivity contribution in [1.29, 1.82) is 0 Å². The van der Waals surface area contributed by atoms with E-state index >= 15 is 0 Å². The molecule has 6 aromatic rings. The van der Waals surface area contributed by atoms with E-state index in [2.05, 4.69) is 54.1 Å². The van der Waals surface area contributed by atoms with E-state index in [1.165, 1.54) is 5.56 Å². The molecular weight excluding hydrogens is 392 g/mol. The van der Waals surface area contributed by atoms with Crippen LogP contribution in [0, 0.1) is 0 Å². The highest BCUT2D eigenvalue weighted by Gasteiger charge is 2.15. The first-order chi connectivity index (χ1) is 14.8. The fraction of sp³-hybridized carbons (Fsp3) is 0. The van der Waals surface area contributed by atoms with Gasteiger partial charge in [-0.2, -0.15) is 16.4 Å². The predicted molar refractivity (Wildman–Crippen MR) is 122 cm³/mol. The van der Waals surface area contributed by atoms with Crippen LogP contribution in [-0.2, 0) is 0 Å². The molecule has 0 atom stereocenters. The lowest BCUT2D eigenvalue weighted by atomic mass is 10.0. The Morgan fingerprint density at radius 2 is 1.73 bits per heavy atom. The number of hydrogen-bond donors (Lipinski definition) is 3. The third-order valence-corrected chi connectivity index (χ3v) is 5.97. The van der Waals surface area contributed by atoms with Crippen molar-refractivity contribution in [3.8, 4) is 33.6 Å². The van der Waals surface area contributed by atoms with Crippen molar-refractivity contribution < 1.29 is 0 Å². The van der Waals surface area contributed by atoms with Crippen molar-refractivity contribution in [2.24, 2.45) is 0 Å². The van der Waals surface area contributed by atoms with E-state index < -0.39 is 0 Å². The van der Waals surface area contributed by atoms with Gasteiger partial charge in [0.1, 0.15) is 5.69 Å². The number of hydrogen-bond acceptors (Lipinski definition) is 5. The number of pyridine rings is 2. The summed E-state index contributed by atoms with van der Waals surface area (Å²) in [7, 11) is 0. The van der Waals surface area contributed by atoms with Gasteiger partial charge in [-0.1, -0.05) is 6.07 Å². The molecule has 7 heteroatoms. The number of fused-ring (bicyclic) bond motifs is 2. The van der Waals surface area contributed by atoms with E-state index in [0.717, 1.165) is 49.9 Å². The highest BCUT2D eigenvalue weighted by Crippen LogP contribution is 2.35. The number of H-pyrrole nitrogens is 2. The average molecular weight is 408 g/mol. The third-order valence-electron chi connectivity index (χ3n) is 5.29. The minimum absolute atomic E-state index is 0.643. The van der Waals surface area contributed by atoms with Crippen LogP contribution in [0.15, 0.2) is 71.9 Å². The molecule has 144 valence electrons. The fourth-order valence-corrected chi connectivity index (χ4v) is 4.50. The maximum atomic E-state index is 5.92. The third kappa shape index (κ3) is 2.67. The molecule has 4 N–H and O–H groups in total. The summed E-state index contributed by atoms with van der Waals surface area (Å²) in [4.78, 5) is 12.1. The first-order valence-corrected chi connectivity index (χ1v) is 10.4. The lowest BCUT2D eigenvalue weighted by Gasteiger charge is -2.03. The van der Waals surface area contributed by atoms with Crippen LogP contribution in [0.1, 0.15) is 0 Å². The second-order valence-electron chi connectivity index (χ2n) is 7.18. The summed E-state index contributed by atoms with van der Waals surface area (Å²) in [5.74, 6) is 0. The number of rotatable bonds is 3. The van der Waals surface area contributed by atoms with Gasteiger partial charge >= 0.3 is 0 Å². The van der Waals surface area contributed by atoms with Gasteiger partial charge in [-0.25, -0.2) is 0 Å². The largest absolute Gasteiger partial charge is 0.397 e. The van der Waals surface area contributed by atoms with Crippen molar-refractivity contribution in [1.82, 2.24) is 25.1 Å². The summed E-state index contributed by atoms with van der Waals surface area (Å²) in [6, 6.07) is 12.4. The quantitative estimate of drug-likeness (QED) is 0.361. The van der Waals surface area contributed by atoms with E-state index in [1.54, 1.807) is 17.5 Å². The number of aromatic amines is 2. The Kier molecular flexibility index (Phi) is 3.69. The Bertz CT molecular complexity index is 1510. The van der Waals surface area contributed by atoms with Gasteiger partial charge in [0, 0.05) is 40.5 Å². The molecule has 6 nitrogen and oxygen atoms in total. The molecule has 6 rings (SSSR count). The van der Waals surface area contributed by atoms with E-state index in [0.29, 0.717) is 5.69 Å². The number of benzene rings is 1. The van der Waals surface area contributed by atoms with Crippen LogP contribution in [0.5, 0.6) is 0 Å². The highest BCUT2D eigenvalue weighted by molar-refractivity contribution is 7.08. The molecular formula is C23H16N6S. The van der Waals surface area contributed by atoms with Crippen LogP contribution in [-0.4, -0.2) is 25.1 Å². The van der Waals surface area contributed by atoms with Crippen LogP contribution in [0.2, 0.25) is 0 Å². The van der Waals surface area contributed by atoms with Crippen LogP contribution >= 0.6 is 11.3 Å². The minimum Gasteiger partial charge on any atom is -0.397 e. The summed E-state index contributed by atoms with van der Waals surface area (Å²) in [5.41, 5.74) is 14.6. The maximum absolute atomic E-state index is 5.92. The number of nitrogens with zero attached hydrogens (tertiary/aromatic N) is 3. The van der Waals surface area contributed by atoms with Gasteiger partial charge in [0.05, 0.1) is 28.6 Å². The summed E-state index contributed by atoms with van der Waals surface area (Å²) in [6.45, 7) is 0. The van der Waals surface area contributed by atoms with Gasteiger partial charge in [0.2, 0.25) is 0 Å². The standard InChI is InChI=1S/C23H16N6S/c24-16-5-15(8-25-9-16)13-1-2-20-18(6-13)23(29-28-20)21-7-17-19(14-3-4-30-12-14)10-26-11-22(17)27-21/h1-12,27H,24H2,(H,28,29). The van der Waals surface area contributed by atoms with Crippen molar-refractivity contribution in [2.75, 3.05) is 5.73 Å². The van der Waals surface area contributed by atoms with Gasteiger partial charge in [-0.05, 0) is 52.2 Å². The van der Waals surface area contributed by atoms with E-state index in [-0.39, 0.29) is 0 Å². The fourth-order valence-electron chi connectivity index (χ4n) is 3.84. The molecule has 0 aliphatic heterocycles. The molecule has 30 heavy (non-hydrogen) atoms. The van der Waals surface area contributed by atoms with Gasteiger partial charge in [-0.3, -0.25) is 15.1 Å². The number of aromatic nitrogens is 5. The van der Waals surface area contributed by atoms with E-state index in [9.17, 15) is 0 Å².